The first-order chi connectivity index (χ1) is 12.6. The number of imidazole rings is 1. The Labute approximate surface area is 156 Å². The number of rotatable bonds is 5. The van der Waals surface area contributed by atoms with Crippen molar-refractivity contribution in [2.45, 2.75) is 6.54 Å². The van der Waals surface area contributed by atoms with Gasteiger partial charge in [0.25, 0.3) is 0 Å². The van der Waals surface area contributed by atoms with Gasteiger partial charge in [-0.05, 0) is 27.6 Å². The lowest BCUT2D eigenvalue weighted by atomic mass is 10.2. The van der Waals surface area contributed by atoms with E-state index in [9.17, 15) is 0 Å². The van der Waals surface area contributed by atoms with Crippen molar-refractivity contribution >= 4 is 33.2 Å². The summed E-state index contributed by atoms with van der Waals surface area (Å²) in [5.74, 6) is 0.689. The van der Waals surface area contributed by atoms with Crippen LogP contribution in [0.5, 0.6) is 0 Å². The molecule has 0 amide bonds. The molecule has 2 N–H and O–H groups in total. The highest BCUT2D eigenvalue weighted by Crippen LogP contribution is 2.25. The lowest BCUT2D eigenvalue weighted by molar-refractivity contribution is 0.768. The highest BCUT2D eigenvalue weighted by atomic mass is 79.9. The largest absolute Gasteiger partial charge is 0.363 e. The summed E-state index contributed by atoms with van der Waals surface area (Å²) in [7, 11) is 1.84. The van der Waals surface area contributed by atoms with Crippen molar-refractivity contribution in [1.82, 2.24) is 29.1 Å². The summed E-state index contributed by atoms with van der Waals surface area (Å²) < 4.78 is 4.53. The zero-order valence-corrected chi connectivity index (χ0v) is 15.3. The predicted octanol–water partition coefficient (Wildman–Crippen LogP) is 3.56. The average Bonchev–Trinajstić information content (AvgIpc) is 3.26. The Morgan fingerprint density at radius 2 is 2.08 bits per heavy atom. The zero-order chi connectivity index (χ0) is 18.1. The normalized spacial score (nSPS) is 11.0. The molecule has 26 heavy (non-hydrogen) atoms. The first kappa shape index (κ1) is 16.3. The van der Waals surface area contributed by atoms with E-state index in [1.165, 1.54) is 0 Å². The summed E-state index contributed by atoms with van der Waals surface area (Å²) in [6.45, 7) is 0.508. The van der Waals surface area contributed by atoms with Gasteiger partial charge in [-0.2, -0.15) is 5.10 Å². The molecule has 0 radical (unpaired) electrons. The fraction of sp³-hybridized carbons (Fsp3) is 0.125. The minimum Gasteiger partial charge on any atom is -0.363 e. The first-order valence-corrected chi connectivity index (χ1v) is 8.52. The Bertz CT molecular complexity index is 1100. The molecule has 0 aromatic carbocycles. The number of nitrogens with zero attached hydrogens (tertiary/aromatic N) is 7. The van der Waals surface area contributed by atoms with Crippen molar-refractivity contribution < 1.29 is 0 Å². The molecule has 0 aliphatic heterocycles. The summed E-state index contributed by atoms with van der Waals surface area (Å²) in [5, 5.41) is 10.8. The van der Waals surface area contributed by atoms with Crippen LogP contribution in [-0.4, -0.2) is 29.1 Å². The topological polar surface area (TPSA) is 109 Å². The maximum atomic E-state index is 7.31. The van der Waals surface area contributed by atoms with E-state index in [0.29, 0.717) is 18.1 Å². The molecule has 0 fully saturated rings. The molecule has 0 atom stereocenters. The van der Waals surface area contributed by atoms with Crippen molar-refractivity contribution in [3.05, 3.63) is 53.3 Å². The van der Waals surface area contributed by atoms with Crippen LogP contribution in [0.3, 0.4) is 0 Å². The van der Waals surface area contributed by atoms with Crippen LogP contribution in [0, 0.1) is 5.53 Å². The van der Waals surface area contributed by atoms with E-state index in [0.717, 1.165) is 21.4 Å². The molecule has 4 aromatic rings. The van der Waals surface area contributed by atoms with Gasteiger partial charge in [-0.15, -0.1) is 5.11 Å². The average molecular weight is 412 g/mol. The van der Waals surface area contributed by atoms with E-state index in [4.69, 9.17) is 5.53 Å². The number of halogens is 1. The molecule has 4 aromatic heterocycles. The monoisotopic (exact) mass is 411 g/mol. The van der Waals surface area contributed by atoms with Gasteiger partial charge in [-0.3, -0.25) is 9.08 Å². The van der Waals surface area contributed by atoms with Crippen molar-refractivity contribution in [3.8, 4) is 11.3 Å². The standard InChI is InChI=1S/C16H14BrN9/c1-25-9-11(5-22-25)12-6-21-16(24-18)15(23-12)20-4-10-2-3-14-19-7-13(17)26(14)8-10/h2-3,5-9,18H,4H2,1H3,(H,20,23). The first-order valence-electron chi connectivity index (χ1n) is 7.73. The van der Waals surface area contributed by atoms with Crippen LogP contribution in [0.25, 0.3) is 16.9 Å². The molecule has 9 nitrogen and oxygen atoms in total. The molecule has 10 heteroatoms. The maximum absolute atomic E-state index is 7.31. The van der Waals surface area contributed by atoms with Crippen LogP contribution in [0.4, 0.5) is 11.6 Å². The van der Waals surface area contributed by atoms with Crippen molar-refractivity contribution in [2.75, 3.05) is 5.32 Å². The Hall–Kier alpha value is -3.14. The fourth-order valence-electron chi connectivity index (χ4n) is 2.56. The summed E-state index contributed by atoms with van der Waals surface area (Å²) in [5.41, 5.74) is 10.7. The maximum Gasteiger partial charge on any atom is 0.216 e. The molecule has 0 aliphatic rings. The molecule has 0 unspecified atom stereocenters. The van der Waals surface area contributed by atoms with Crippen LogP contribution >= 0.6 is 15.9 Å². The third-order valence-electron chi connectivity index (χ3n) is 3.84. The van der Waals surface area contributed by atoms with Gasteiger partial charge in [0.05, 0.1) is 24.3 Å². The minimum atomic E-state index is 0.238. The van der Waals surface area contributed by atoms with Gasteiger partial charge in [0.15, 0.2) is 5.82 Å². The molecular formula is C16H14BrN9. The number of nitrogens with one attached hydrogen (secondary N) is 2. The lowest BCUT2D eigenvalue weighted by Crippen LogP contribution is -2.04. The third kappa shape index (κ3) is 3.06. The minimum absolute atomic E-state index is 0.238. The van der Waals surface area contributed by atoms with Crippen molar-refractivity contribution in [1.29, 1.82) is 5.53 Å². The number of anilines is 1. The van der Waals surface area contributed by atoms with Gasteiger partial charge in [-0.25, -0.2) is 20.5 Å². The predicted molar refractivity (Wildman–Crippen MR) is 99.3 cm³/mol. The molecular weight excluding hydrogens is 398 g/mol. The van der Waals surface area contributed by atoms with Crippen LogP contribution in [0.1, 0.15) is 5.56 Å². The number of fused-ring (bicyclic) bond motifs is 1. The van der Waals surface area contributed by atoms with Gasteiger partial charge in [0.2, 0.25) is 5.82 Å². The lowest BCUT2D eigenvalue weighted by Gasteiger charge is -2.09. The Kier molecular flexibility index (Phi) is 4.17. The van der Waals surface area contributed by atoms with Gasteiger partial charge < -0.3 is 5.32 Å². The Morgan fingerprint density at radius 3 is 2.85 bits per heavy atom. The van der Waals surface area contributed by atoms with E-state index in [-0.39, 0.29) is 5.82 Å². The Balaban J connectivity index is 1.61. The van der Waals surface area contributed by atoms with Gasteiger partial charge >= 0.3 is 0 Å². The fourth-order valence-corrected chi connectivity index (χ4v) is 2.95. The van der Waals surface area contributed by atoms with Gasteiger partial charge in [0, 0.05) is 31.5 Å². The second-order valence-electron chi connectivity index (χ2n) is 5.64. The highest BCUT2D eigenvalue weighted by Gasteiger charge is 2.10. The molecule has 0 bridgehead atoms. The van der Waals surface area contributed by atoms with E-state index < -0.39 is 0 Å². The summed E-state index contributed by atoms with van der Waals surface area (Å²) >= 11 is 3.47. The zero-order valence-electron chi connectivity index (χ0n) is 13.8. The molecule has 0 saturated heterocycles. The molecule has 4 rings (SSSR count). The molecule has 130 valence electrons. The second-order valence-corrected chi connectivity index (χ2v) is 6.45. The van der Waals surface area contributed by atoms with E-state index in [1.807, 2.05) is 36.0 Å². The van der Waals surface area contributed by atoms with Gasteiger partial charge in [-0.1, -0.05) is 6.07 Å². The van der Waals surface area contributed by atoms with E-state index in [2.05, 4.69) is 46.4 Å². The second kappa shape index (κ2) is 6.64. The summed E-state index contributed by atoms with van der Waals surface area (Å²) in [4.78, 5) is 13.0. The number of aryl methyl sites for hydroxylation is 1. The van der Waals surface area contributed by atoms with E-state index >= 15 is 0 Å². The van der Waals surface area contributed by atoms with Crippen molar-refractivity contribution in [3.63, 3.8) is 0 Å². The van der Waals surface area contributed by atoms with Crippen LogP contribution < -0.4 is 5.32 Å². The smallest absolute Gasteiger partial charge is 0.216 e. The molecule has 0 aliphatic carbocycles. The number of pyridine rings is 1. The molecule has 0 spiro atoms. The van der Waals surface area contributed by atoms with Crippen LogP contribution in [0.2, 0.25) is 0 Å². The quantitative estimate of drug-likeness (QED) is 0.487. The van der Waals surface area contributed by atoms with E-state index in [1.54, 1.807) is 23.3 Å². The summed E-state index contributed by atoms with van der Waals surface area (Å²) in [6.07, 6.45) is 8.90. The molecule has 4 heterocycles. The van der Waals surface area contributed by atoms with Crippen LogP contribution in [-0.2, 0) is 13.6 Å². The van der Waals surface area contributed by atoms with Crippen molar-refractivity contribution in [2.24, 2.45) is 12.2 Å². The highest BCUT2D eigenvalue weighted by molar-refractivity contribution is 9.10. The van der Waals surface area contributed by atoms with Crippen LogP contribution in [0.15, 0.2) is 52.8 Å². The Morgan fingerprint density at radius 1 is 1.19 bits per heavy atom. The SMILES string of the molecule is Cn1cc(-c2cnc(N=N)c(NCc3ccc4ncc(Br)n4c3)n2)cn1. The number of hydrogen-bond donors (Lipinski definition) is 2. The third-order valence-corrected chi connectivity index (χ3v) is 4.43. The number of aromatic nitrogens is 6. The molecule has 0 saturated carbocycles. The number of hydrogen-bond acceptors (Lipinski definition) is 7. The van der Waals surface area contributed by atoms with Gasteiger partial charge in [0.1, 0.15) is 10.3 Å². The summed E-state index contributed by atoms with van der Waals surface area (Å²) in [6, 6.07) is 3.92.